The van der Waals surface area contributed by atoms with Gasteiger partial charge in [-0.15, -0.1) is 11.3 Å². The van der Waals surface area contributed by atoms with Gasteiger partial charge in [0.1, 0.15) is 5.82 Å². The van der Waals surface area contributed by atoms with Gasteiger partial charge in [-0.1, -0.05) is 24.3 Å². The second-order valence-electron chi connectivity index (χ2n) is 9.08. The van der Waals surface area contributed by atoms with Gasteiger partial charge in [0.15, 0.2) is 5.06 Å². The first kappa shape index (κ1) is 24.2. The molecule has 0 aliphatic carbocycles. The summed E-state index contributed by atoms with van der Waals surface area (Å²) in [4.78, 5) is 19.6. The summed E-state index contributed by atoms with van der Waals surface area (Å²) in [7, 11) is 0. The number of aryl methyl sites for hydroxylation is 1. The Kier molecular flexibility index (Phi) is 6.62. The van der Waals surface area contributed by atoms with Crippen molar-refractivity contribution in [1.82, 2.24) is 14.5 Å². The van der Waals surface area contributed by atoms with Crippen LogP contribution in [0.3, 0.4) is 0 Å². The molecule has 36 heavy (non-hydrogen) atoms. The molecule has 5 nitrogen and oxygen atoms in total. The summed E-state index contributed by atoms with van der Waals surface area (Å²) in [5.74, 6) is 0.219. The van der Waals surface area contributed by atoms with Crippen LogP contribution in [0.5, 0.6) is 5.06 Å². The molecule has 3 heterocycles. The molecule has 0 atom stereocenters. The number of rotatable bonds is 5. The number of hydrogen-bond donors (Lipinski definition) is 1. The average molecular weight is 508 g/mol. The number of aromatic hydroxyl groups is 1. The van der Waals surface area contributed by atoms with Crippen LogP contribution < -0.4 is 0 Å². The van der Waals surface area contributed by atoms with E-state index in [9.17, 15) is 18.7 Å². The quantitative estimate of drug-likeness (QED) is 0.317. The van der Waals surface area contributed by atoms with Crippen molar-refractivity contribution in [3.63, 3.8) is 0 Å². The van der Waals surface area contributed by atoms with Crippen molar-refractivity contribution in [1.29, 1.82) is 0 Å². The minimum atomic E-state index is -2.66. The highest BCUT2D eigenvalue weighted by Crippen LogP contribution is 2.35. The maximum atomic E-state index is 13.9. The molecule has 1 fully saturated rings. The van der Waals surface area contributed by atoms with Crippen molar-refractivity contribution >= 4 is 33.9 Å². The first-order valence-corrected chi connectivity index (χ1v) is 12.8. The third kappa shape index (κ3) is 4.41. The number of piperidine rings is 1. The lowest BCUT2D eigenvalue weighted by molar-refractivity contribution is 0.0634. The van der Waals surface area contributed by atoms with E-state index in [-0.39, 0.29) is 16.9 Å². The minimum absolute atomic E-state index is 0.0549. The Balaban J connectivity index is 1.31. The number of thiophene rings is 1. The van der Waals surface area contributed by atoms with E-state index in [0.29, 0.717) is 48.4 Å². The summed E-state index contributed by atoms with van der Waals surface area (Å²) in [5, 5.41) is 11.9. The molecule has 0 bridgehead atoms. The standard InChI is InChI=1S/C28H27F2N3O2S/c1-3-21(20-15-25(34)36-16-20)22-9-8-19(14-17(22)2)27(35)32-12-10-18(11-13-32)26-31-23-6-4-5-7-24(23)33(26)28(29)30/h3-9,14-16,18,28,34H,10-13H2,1-2H3/b21-3-. The molecule has 1 aliphatic heterocycles. The first-order chi connectivity index (χ1) is 17.4. The van der Waals surface area contributed by atoms with Gasteiger partial charge in [0.2, 0.25) is 0 Å². The zero-order valence-corrected chi connectivity index (χ0v) is 20.9. The van der Waals surface area contributed by atoms with Crippen LogP contribution in [0.4, 0.5) is 8.78 Å². The van der Waals surface area contributed by atoms with Crippen LogP contribution in [0.15, 0.2) is 60.0 Å². The second kappa shape index (κ2) is 9.85. The lowest BCUT2D eigenvalue weighted by Gasteiger charge is -2.32. The van der Waals surface area contributed by atoms with E-state index in [1.54, 1.807) is 35.2 Å². The molecule has 8 heteroatoms. The Labute approximate surface area is 212 Å². The number of nitrogens with zero attached hydrogens (tertiary/aromatic N) is 3. The Morgan fingerprint density at radius 2 is 1.89 bits per heavy atom. The number of alkyl halides is 2. The highest BCUT2D eigenvalue weighted by molar-refractivity contribution is 7.12. The number of amides is 1. The summed E-state index contributed by atoms with van der Waals surface area (Å²) in [6.07, 6.45) is 3.18. The van der Waals surface area contributed by atoms with E-state index in [1.165, 1.54) is 11.3 Å². The van der Waals surface area contributed by atoms with Crippen molar-refractivity contribution in [2.24, 2.45) is 0 Å². The molecule has 0 radical (unpaired) electrons. The van der Waals surface area contributed by atoms with Crippen LogP contribution in [0.2, 0.25) is 0 Å². The number of para-hydroxylation sites is 2. The van der Waals surface area contributed by atoms with Crippen LogP contribution >= 0.6 is 11.3 Å². The fourth-order valence-corrected chi connectivity index (χ4v) is 5.76. The molecule has 1 saturated heterocycles. The van der Waals surface area contributed by atoms with Gasteiger partial charge in [0.25, 0.3) is 5.91 Å². The van der Waals surface area contributed by atoms with E-state index in [2.05, 4.69) is 4.98 Å². The van der Waals surface area contributed by atoms with Gasteiger partial charge in [-0.3, -0.25) is 9.36 Å². The highest BCUT2D eigenvalue weighted by Gasteiger charge is 2.30. The molecule has 186 valence electrons. The van der Waals surface area contributed by atoms with Crippen LogP contribution in [-0.4, -0.2) is 38.6 Å². The monoisotopic (exact) mass is 507 g/mol. The number of carbonyl (C=O) groups excluding carboxylic acids is 1. The Morgan fingerprint density at radius 3 is 2.53 bits per heavy atom. The third-order valence-corrected chi connectivity index (χ3v) is 7.65. The number of fused-ring (bicyclic) bond motifs is 1. The number of halogens is 2. The minimum Gasteiger partial charge on any atom is -0.499 e. The predicted molar refractivity (Wildman–Crippen MR) is 139 cm³/mol. The first-order valence-electron chi connectivity index (χ1n) is 12.0. The predicted octanol–water partition coefficient (Wildman–Crippen LogP) is 6.98. The Hall–Kier alpha value is -3.52. The van der Waals surface area contributed by atoms with Gasteiger partial charge >= 0.3 is 6.55 Å². The molecular formula is C28H27F2N3O2S. The van der Waals surface area contributed by atoms with Gasteiger partial charge in [0.05, 0.1) is 11.0 Å². The van der Waals surface area contributed by atoms with Crippen molar-refractivity contribution in [3.8, 4) is 5.06 Å². The number of imidazole rings is 1. The summed E-state index contributed by atoms with van der Waals surface area (Å²) < 4.78 is 28.8. The molecule has 0 saturated carbocycles. The number of allylic oxidation sites excluding steroid dienone is 1. The second-order valence-corrected chi connectivity index (χ2v) is 9.97. The fraction of sp³-hybridized carbons (Fsp3) is 0.286. The van der Waals surface area contributed by atoms with Crippen molar-refractivity contribution < 1.29 is 18.7 Å². The third-order valence-electron chi connectivity index (χ3n) is 6.91. The lowest BCUT2D eigenvalue weighted by atomic mass is 9.93. The average Bonchev–Trinajstić information content (AvgIpc) is 3.49. The van der Waals surface area contributed by atoms with Gasteiger partial charge in [-0.2, -0.15) is 8.78 Å². The Morgan fingerprint density at radius 1 is 1.14 bits per heavy atom. The summed E-state index contributed by atoms with van der Waals surface area (Å²) in [6, 6.07) is 14.4. The largest absolute Gasteiger partial charge is 0.499 e. The SMILES string of the molecule is C/C=C(/c1csc(O)c1)c1ccc(C(=O)N2CCC(c3nc4ccccc4n3C(F)F)CC2)cc1C. The highest BCUT2D eigenvalue weighted by atomic mass is 32.1. The summed E-state index contributed by atoms with van der Waals surface area (Å²) in [6.45, 7) is 2.25. The smallest absolute Gasteiger partial charge is 0.320 e. The molecule has 0 unspecified atom stereocenters. The number of hydrogen-bond acceptors (Lipinski definition) is 4. The molecule has 4 aromatic rings. The molecule has 1 N–H and O–H groups in total. The van der Waals surface area contributed by atoms with Crippen molar-refractivity contribution in [2.75, 3.05) is 13.1 Å². The normalized spacial score (nSPS) is 15.2. The van der Waals surface area contributed by atoms with Gasteiger partial charge in [-0.25, -0.2) is 4.98 Å². The van der Waals surface area contributed by atoms with Crippen LogP contribution in [0, 0.1) is 6.92 Å². The van der Waals surface area contributed by atoms with Gasteiger partial charge in [-0.05, 0) is 79.3 Å². The van der Waals surface area contributed by atoms with Crippen LogP contribution in [0.1, 0.15) is 65.1 Å². The number of aromatic nitrogens is 2. The lowest BCUT2D eigenvalue weighted by Crippen LogP contribution is -2.38. The summed E-state index contributed by atoms with van der Waals surface area (Å²) >= 11 is 1.28. The molecule has 0 spiro atoms. The van der Waals surface area contributed by atoms with Crippen molar-refractivity contribution in [2.45, 2.75) is 39.2 Å². The van der Waals surface area contributed by atoms with Gasteiger partial charge in [0, 0.05) is 30.0 Å². The maximum Gasteiger partial charge on any atom is 0.320 e. The number of benzene rings is 2. The van der Waals surface area contributed by atoms with Crippen LogP contribution in [-0.2, 0) is 0 Å². The van der Waals surface area contributed by atoms with Gasteiger partial charge < -0.3 is 10.0 Å². The molecule has 5 rings (SSSR count). The van der Waals surface area contributed by atoms with E-state index in [4.69, 9.17) is 0 Å². The zero-order valence-electron chi connectivity index (χ0n) is 20.1. The summed E-state index contributed by atoms with van der Waals surface area (Å²) in [5.41, 5.74) is 5.55. The van der Waals surface area contributed by atoms with Crippen LogP contribution in [0.25, 0.3) is 16.6 Å². The molecule has 1 aliphatic rings. The van der Waals surface area contributed by atoms with Crippen molar-refractivity contribution in [3.05, 3.63) is 88.1 Å². The van der Waals surface area contributed by atoms with E-state index >= 15 is 0 Å². The topological polar surface area (TPSA) is 58.4 Å². The van der Waals surface area contributed by atoms with E-state index in [0.717, 1.165) is 26.8 Å². The maximum absolute atomic E-state index is 13.9. The molecule has 2 aromatic heterocycles. The fourth-order valence-electron chi connectivity index (χ4n) is 5.12. The van der Waals surface area contributed by atoms with E-state index < -0.39 is 6.55 Å². The number of carbonyl (C=O) groups is 1. The zero-order chi connectivity index (χ0) is 25.4. The molecular weight excluding hydrogens is 480 g/mol. The number of likely N-dealkylation sites (tertiary alicyclic amines) is 1. The van der Waals surface area contributed by atoms with E-state index in [1.807, 2.05) is 43.5 Å². The molecule has 2 aromatic carbocycles. The molecule has 1 amide bonds. The Bertz CT molecular complexity index is 1450.